The lowest BCUT2D eigenvalue weighted by atomic mass is 10.1. The number of nitrogens with zero attached hydrogens (tertiary/aromatic N) is 5. The molecular formula is C25H37N5O3. The van der Waals surface area contributed by atoms with Crippen molar-refractivity contribution in [2.24, 2.45) is 0 Å². The van der Waals surface area contributed by atoms with Crippen molar-refractivity contribution in [2.75, 3.05) is 31.7 Å². The van der Waals surface area contributed by atoms with Crippen LogP contribution in [0.4, 0.5) is 5.69 Å². The van der Waals surface area contributed by atoms with Crippen molar-refractivity contribution in [1.82, 2.24) is 19.7 Å². The van der Waals surface area contributed by atoms with Gasteiger partial charge in [-0.1, -0.05) is 43.9 Å². The summed E-state index contributed by atoms with van der Waals surface area (Å²) in [5.41, 5.74) is 1.86. The minimum atomic E-state index is -0.0466. The Morgan fingerprint density at radius 3 is 2.36 bits per heavy atom. The highest BCUT2D eigenvalue weighted by Gasteiger charge is 2.22. The third kappa shape index (κ3) is 7.12. The quantitative estimate of drug-likeness (QED) is 0.688. The minimum absolute atomic E-state index is 0.0466. The number of hydrogen-bond acceptors (Lipinski definition) is 5. The predicted molar refractivity (Wildman–Crippen MR) is 128 cm³/mol. The number of carbonyl (C=O) groups excluding carboxylic acids is 2. The number of methoxy groups -OCH3 is 1. The summed E-state index contributed by atoms with van der Waals surface area (Å²) in [6.07, 6.45) is 6.82. The maximum Gasteiger partial charge on any atom is 0.252 e. The molecule has 8 nitrogen and oxygen atoms in total. The Kier molecular flexibility index (Phi) is 9.42. The van der Waals surface area contributed by atoms with Gasteiger partial charge in [-0.3, -0.25) is 9.59 Å². The van der Waals surface area contributed by atoms with Gasteiger partial charge in [0.05, 0.1) is 6.54 Å². The molecule has 0 unspecified atom stereocenters. The summed E-state index contributed by atoms with van der Waals surface area (Å²) >= 11 is 0. The summed E-state index contributed by atoms with van der Waals surface area (Å²) in [6, 6.07) is 7.92. The van der Waals surface area contributed by atoms with Gasteiger partial charge in [0.2, 0.25) is 5.91 Å². The average molecular weight is 456 g/mol. The van der Waals surface area contributed by atoms with E-state index in [1.54, 1.807) is 11.8 Å². The molecule has 8 heteroatoms. The number of carbonyl (C=O) groups is 2. The zero-order chi connectivity index (χ0) is 23.6. The topological polar surface area (TPSA) is 80.6 Å². The molecule has 3 rings (SSSR count). The van der Waals surface area contributed by atoms with E-state index in [9.17, 15) is 9.59 Å². The number of para-hydroxylation sites is 1. The van der Waals surface area contributed by atoms with Gasteiger partial charge in [-0.25, -0.2) is 9.67 Å². The summed E-state index contributed by atoms with van der Waals surface area (Å²) in [4.78, 5) is 34.2. The molecule has 2 heterocycles. The van der Waals surface area contributed by atoms with E-state index in [2.05, 4.69) is 10.1 Å². The van der Waals surface area contributed by atoms with Crippen molar-refractivity contribution >= 4 is 17.5 Å². The Balaban J connectivity index is 1.81. The lowest BCUT2D eigenvalue weighted by molar-refractivity contribution is -0.132. The van der Waals surface area contributed by atoms with Gasteiger partial charge in [0.1, 0.15) is 18.3 Å². The molecule has 1 aliphatic heterocycles. The van der Waals surface area contributed by atoms with Crippen molar-refractivity contribution < 1.29 is 14.3 Å². The summed E-state index contributed by atoms with van der Waals surface area (Å²) in [5.74, 6) is 1.59. The number of rotatable bonds is 5. The second-order valence-corrected chi connectivity index (χ2v) is 8.72. The van der Waals surface area contributed by atoms with Crippen LogP contribution in [0.3, 0.4) is 0 Å². The molecule has 0 saturated carbocycles. The van der Waals surface area contributed by atoms with E-state index in [0.29, 0.717) is 32.6 Å². The third-order valence-corrected chi connectivity index (χ3v) is 6.12. The molecule has 1 aliphatic rings. The average Bonchev–Trinajstić information content (AvgIpc) is 3.13. The zero-order valence-electron chi connectivity index (χ0n) is 20.3. The van der Waals surface area contributed by atoms with Crippen LogP contribution in [0, 0.1) is 13.8 Å². The molecule has 0 spiro atoms. The number of amides is 2. The fourth-order valence-electron chi connectivity index (χ4n) is 4.40. The predicted octanol–water partition coefficient (Wildman–Crippen LogP) is 3.65. The molecule has 0 saturated heterocycles. The molecule has 33 heavy (non-hydrogen) atoms. The highest BCUT2D eigenvalue weighted by atomic mass is 16.5. The Morgan fingerprint density at radius 1 is 0.970 bits per heavy atom. The van der Waals surface area contributed by atoms with Gasteiger partial charge in [0.15, 0.2) is 0 Å². The van der Waals surface area contributed by atoms with Gasteiger partial charge < -0.3 is 14.5 Å². The normalized spacial score (nSPS) is 15.8. The van der Waals surface area contributed by atoms with Gasteiger partial charge in [0.25, 0.3) is 5.91 Å². The maximum atomic E-state index is 13.3. The van der Waals surface area contributed by atoms with Crippen molar-refractivity contribution in [3.8, 4) is 0 Å². The molecule has 2 aromatic rings. The van der Waals surface area contributed by atoms with E-state index < -0.39 is 0 Å². The van der Waals surface area contributed by atoms with E-state index in [4.69, 9.17) is 4.74 Å². The zero-order valence-corrected chi connectivity index (χ0v) is 20.3. The van der Waals surface area contributed by atoms with E-state index in [1.165, 1.54) is 0 Å². The molecule has 2 amide bonds. The number of benzene rings is 1. The highest BCUT2D eigenvalue weighted by molar-refractivity contribution is 5.95. The lowest BCUT2D eigenvalue weighted by Gasteiger charge is -2.28. The first-order valence-electron chi connectivity index (χ1n) is 12.0. The van der Waals surface area contributed by atoms with Crippen molar-refractivity contribution in [1.29, 1.82) is 0 Å². The van der Waals surface area contributed by atoms with Crippen LogP contribution >= 0.6 is 0 Å². The largest absolute Gasteiger partial charge is 0.375 e. The Morgan fingerprint density at radius 2 is 1.67 bits per heavy atom. The summed E-state index contributed by atoms with van der Waals surface area (Å²) < 4.78 is 6.94. The molecule has 0 radical (unpaired) electrons. The van der Waals surface area contributed by atoms with Crippen LogP contribution in [-0.2, 0) is 27.4 Å². The van der Waals surface area contributed by atoms with Crippen LogP contribution in [0.25, 0.3) is 0 Å². The number of anilines is 1. The molecule has 180 valence electrons. The third-order valence-electron chi connectivity index (χ3n) is 6.12. The van der Waals surface area contributed by atoms with Gasteiger partial charge in [-0.15, -0.1) is 0 Å². The summed E-state index contributed by atoms with van der Waals surface area (Å²) in [7, 11) is 1.54. The van der Waals surface area contributed by atoms with Crippen LogP contribution in [0.5, 0.6) is 0 Å². The van der Waals surface area contributed by atoms with Crippen LogP contribution in [0.2, 0.25) is 0 Å². The first-order valence-corrected chi connectivity index (χ1v) is 12.0. The Hall–Kier alpha value is -2.74. The fraction of sp³-hybridized carbons (Fsp3) is 0.600. The van der Waals surface area contributed by atoms with E-state index >= 15 is 0 Å². The highest BCUT2D eigenvalue weighted by Crippen LogP contribution is 2.24. The van der Waals surface area contributed by atoms with Crippen LogP contribution in [0.15, 0.2) is 24.3 Å². The van der Waals surface area contributed by atoms with Crippen molar-refractivity contribution in [3.63, 3.8) is 0 Å². The smallest absolute Gasteiger partial charge is 0.252 e. The molecule has 0 fully saturated rings. The minimum Gasteiger partial charge on any atom is -0.375 e. The molecule has 0 bridgehead atoms. The standard InChI is InChI=1S/C25H37N5O3/c1-20-26-21(2)30(27-20)17-14-24(31)28-15-10-6-4-5-7-11-16-29(25(32)19-33-3)23-13-9-8-12-22(23)18-28/h8-9,12-13H,4-7,10-11,14-19H2,1-3H3. The van der Waals surface area contributed by atoms with Gasteiger partial charge in [0, 0.05) is 38.9 Å². The SMILES string of the molecule is COCC(=O)N1CCCCCCCCN(C(=O)CCn2nc(C)nc2C)Cc2ccccc21. The Labute approximate surface area is 196 Å². The summed E-state index contributed by atoms with van der Waals surface area (Å²) in [6.45, 7) is 6.20. The molecule has 1 aromatic heterocycles. The first kappa shape index (κ1) is 24.9. The second-order valence-electron chi connectivity index (χ2n) is 8.72. The lowest BCUT2D eigenvalue weighted by Crippen LogP contribution is -2.37. The number of fused-ring (bicyclic) bond motifs is 1. The van der Waals surface area contributed by atoms with Gasteiger partial charge in [-0.2, -0.15) is 5.10 Å². The first-order chi connectivity index (χ1) is 16.0. The van der Waals surface area contributed by atoms with Gasteiger partial charge >= 0.3 is 0 Å². The Bertz CT molecular complexity index is 927. The molecule has 1 aromatic carbocycles. The number of aromatic nitrogens is 3. The molecule has 0 atom stereocenters. The number of aryl methyl sites for hydroxylation is 3. The number of ether oxygens (including phenoxy) is 1. The maximum absolute atomic E-state index is 13.3. The number of hydrogen-bond donors (Lipinski definition) is 0. The summed E-state index contributed by atoms with van der Waals surface area (Å²) in [5, 5.41) is 4.38. The van der Waals surface area contributed by atoms with Crippen LogP contribution in [0.1, 0.15) is 62.2 Å². The van der Waals surface area contributed by atoms with E-state index in [0.717, 1.165) is 61.4 Å². The van der Waals surface area contributed by atoms with E-state index in [1.807, 2.05) is 47.9 Å². The molecule has 0 N–H and O–H groups in total. The monoisotopic (exact) mass is 455 g/mol. The van der Waals surface area contributed by atoms with Crippen LogP contribution in [-0.4, -0.2) is 58.3 Å². The van der Waals surface area contributed by atoms with Crippen molar-refractivity contribution in [2.45, 2.75) is 71.9 Å². The fourth-order valence-corrected chi connectivity index (χ4v) is 4.40. The van der Waals surface area contributed by atoms with Crippen LogP contribution < -0.4 is 4.90 Å². The molecular weight excluding hydrogens is 418 g/mol. The van der Waals surface area contributed by atoms with Gasteiger partial charge in [-0.05, 0) is 38.3 Å². The second kappa shape index (κ2) is 12.5. The molecule has 0 aliphatic carbocycles. The van der Waals surface area contributed by atoms with E-state index in [-0.39, 0.29) is 18.4 Å². The van der Waals surface area contributed by atoms with Crippen molar-refractivity contribution in [3.05, 3.63) is 41.5 Å².